The molecule has 2 aromatic rings. The first-order valence-corrected chi connectivity index (χ1v) is 8.06. The minimum atomic E-state index is -0.901. The number of fused-ring (bicyclic) bond motifs is 1. The average molecular weight is 322 g/mol. The topological polar surface area (TPSA) is 45.1 Å². The summed E-state index contributed by atoms with van der Waals surface area (Å²) in [4.78, 5) is 4.21. The number of aromatic nitrogens is 1. The van der Waals surface area contributed by atoms with E-state index in [2.05, 4.69) is 24.1 Å². The average Bonchev–Trinajstić information content (AvgIpc) is 2.51. The lowest BCUT2D eigenvalue weighted by molar-refractivity contribution is 0.239. The van der Waals surface area contributed by atoms with Crippen LogP contribution in [-0.2, 0) is 6.54 Å². The molecular formula is C18H24F2N2O. The van der Waals surface area contributed by atoms with E-state index in [1.54, 1.807) is 6.07 Å². The van der Waals surface area contributed by atoms with Crippen molar-refractivity contribution in [3.63, 3.8) is 0 Å². The molecule has 0 saturated carbocycles. The van der Waals surface area contributed by atoms with Crippen LogP contribution in [0.15, 0.2) is 24.3 Å². The Kier molecular flexibility index (Phi) is 6.42. The third kappa shape index (κ3) is 4.94. The van der Waals surface area contributed by atoms with E-state index in [1.807, 2.05) is 6.07 Å². The Balaban J connectivity index is 2.00. The zero-order valence-electron chi connectivity index (χ0n) is 13.6. The van der Waals surface area contributed by atoms with Crippen LogP contribution < -0.4 is 5.32 Å². The molecule has 0 aliphatic carbocycles. The molecule has 0 radical (unpaired) electrons. The van der Waals surface area contributed by atoms with Crippen molar-refractivity contribution < 1.29 is 13.9 Å². The quantitative estimate of drug-likeness (QED) is 0.780. The molecule has 1 heterocycles. The molecule has 1 aromatic carbocycles. The Morgan fingerprint density at radius 2 is 1.91 bits per heavy atom. The number of benzene rings is 1. The van der Waals surface area contributed by atoms with Crippen molar-refractivity contribution in [1.29, 1.82) is 0 Å². The van der Waals surface area contributed by atoms with Crippen LogP contribution in [0.2, 0.25) is 0 Å². The van der Waals surface area contributed by atoms with Gasteiger partial charge in [-0.05, 0) is 49.4 Å². The maximum absolute atomic E-state index is 13.8. The van der Waals surface area contributed by atoms with Gasteiger partial charge in [-0.15, -0.1) is 0 Å². The van der Waals surface area contributed by atoms with Crippen molar-refractivity contribution in [1.82, 2.24) is 10.3 Å². The summed E-state index contributed by atoms with van der Waals surface area (Å²) in [6.07, 6.45) is 1.80. The van der Waals surface area contributed by atoms with Gasteiger partial charge < -0.3 is 10.4 Å². The number of hydrogen-bond donors (Lipinski definition) is 2. The van der Waals surface area contributed by atoms with Crippen LogP contribution in [0.5, 0.6) is 0 Å². The van der Waals surface area contributed by atoms with Crippen LogP contribution in [0.4, 0.5) is 8.78 Å². The van der Waals surface area contributed by atoms with Gasteiger partial charge in [-0.1, -0.05) is 19.9 Å². The van der Waals surface area contributed by atoms with E-state index < -0.39 is 11.6 Å². The fourth-order valence-corrected chi connectivity index (χ4v) is 2.83. The number of rotatable bonds is 8. The molecule has 0 spiro atoms. The van der Waals surface area contributed by atoms with Gasteiger partial charge in [-0.2, -0.15) is 0 Å². The molecule has 0 bridgehead atoms. The van der Waals surface area contributed by atoms with Gasteiger partial charge >= 0.3 is 0 Å². The first-order chi connectivity index (χ1) is 11.0. The molecule has 0 aliphatic heterocycles. The third-order valence-corrected chi connectivity index (χ3v) is 3.89. The van der Waals surface area contributed by atoms with E-state index in [0.717, 1.165) is 25.5 Å². The summed E-state index contributed by atoms with van der Waals surface area (Å²) >= 11 is 0. The SMILES string of the molecule is CC(C)CC(CCO)CNCc1ccc2ccc(F)c(F)c2n1. The number of aliphatic hydroxyl groups excluding tert-OH is 1. The van der Waals surface area contributed by atoms with Gasteiger partial charge in [-0.3, -0.25) is 0 Å². The number of pyridine rings is 1. The van der Waals surface area contributed by atoms with E-state index in [-0.39, 0.29) is 12.1 Å². The Morgan fingerprint density at radius 1 is 1.17 bits per heavy atom. The highest BCUT2D eigenvalue weighted by molar-refractivity contribution is 5.79. The molecule has 0 aliphatic rings. The summed E-state index contributed by atoms with van der Waals surface area (Å²) in [5.41, 5.74) is 0.743. The lowest BCUT2D eigenvalue weighted by Gasteiger charge is -2.18. The van der Waals surface area contributed by atoms with E-state index in [1.165, 1.54) is 6.07 Å². The van der Waals surface area contributed by atoms with Gasteiger partial charge in [0.05, 0.1) is 5.69 Å². The van der Waals surface area contributed by atoms with Crippen molar-refractivity contribution >= 4 is 10.9 Å². The number of nitrogens with zero attached hydrogens (tertiary/aromatic N) is 1. The van der Waals surface area contributed by atoms with E-state index in [9.17, 15) is 8.78 Å². The fraction of sp³-hybridized carbons (Fsp3) is 0.500. The molecular weight excluding hydrogens is 298 g/mol. The third-order valence-electron chi connectivity index (χ3n) is 3.89. The highest BCUT2D eigenvalue weighted by Gasteiger charge is 2.11. The first kappa shape index (κ1) is 17.8. The molecule has 3 nitrogen and oxygen atoms in total. The van der Waals surface area contributed by atoms with Crippen molar-refractivity contribution in [3.05, 3.63) is 41.6 Å². The van der Waals surface area contributed by atoms with Gasteiger partial charge in [0.15, 0.2) is 11.6 Å². The van der Waals surface area contributed by atoms with Crippen LogP contribution in [0.3, 0.4) is 0 Å². The number of hydrogen-bond acceptors (Lipinski definition) is 3. The van der Waals surface area contributed by atoms with Crippen molar-refractivity contribution in [2.24, 2.45) is 11.8 Å². The van der Waals surface area contributed by atoms with Crippen LogP contribution in [0, 0.1) is 23.5 Å². The van der Waals surface area contributed by atoms with Gasteiger partial charge in [0, 0.05) is 18.5 Å². The van der Waals surface area contributed by atoms with Crippen molar-refractivity contribution in [3.8, 4) is 0 Å². The van der Waals surface area contributed by atoms with Crippen molar-refractivity contribution in [2.75, 3.05) is 13.2 Å². The summed E-state index contributed by atoms with van der Waals surface area (Å²) in [6, 6.07) is 6.21. The highest BCUT2D eigenvalue weighted by atomic mass is 19.2. The molecule has 1 aromatic heterocycles. The number of halogens is 2. The lowest BCUT2D eigenvalue weighted by Crippen LogP contribution is -2.24. The Morgan fingerprint density at radius 3 is 2.61 bits per heavy atom. The normalized spacial score (nSPS) is 13.0. The minimum Gasteiger partial charge on any atom is -0.396 e. The van der Waals surface area contributed by atoms with Gasteiger partial charge in [0.2, 0.25) is 0 Å². The Labute approximate surface area is 135 Å². The maximum atomic E-state index is 13.8. The Bertz CT molecular complexity index is 646. The van der Waals surface area contributed by atoms with E-state index >= 15 is 0 Å². The van der Waals surface area contributed by atoms with Crippen LogP contribution >= 0.6 is 0 Å². The largest absolute Gasteiger partial charge is 0.396 e. The second-order valence-electron chi connectivity index (χ2n) is 6.37. The number of nitrogens with one attached hydrogen (secondary N) is 1. The van der Waals surface area contributed by atoms with E-state index in [4.69, 9.17) is 5.11 Å². The molecule has 1 unspecified atom stereocenters. The van der Waals surface area contributed by atoms with Gasteiger partial charge in [-0.25, -0.2) is 13.8 Å². The summed E-state index contributed by atoms with van der Waals surface area (Å²) < 4.78 is 27.1. The number of aliphatic hydroxyl groups is 1. The molecule has 126 valence electrons. The molecule has 2 rings (SSSR count). The Hall–Kier alpha value is -1.59. The maximum Gasteiger partial charge on any atom is 0.184 e. The summed E-state index contributed by atoms with van der Waals surface area (Å²) in [5.74, 6) is -0.809. The molecule has 1 atom stereocenters. The van der Waals surface area contributed by atoms with Crippen LogP contribution in [-0.4, -0.2) is 23.2 Å². The van der Waals surface area contributed by atoms with Gasteiger partial charge in [0.25, 0.3) is 0 Å². The van der Waals surface area contributed by atoms with Crippen molar-refractivity contribution in [2.45, 2.75) is 33.2 Å². The molecule has 2 N–H and O–H groups in total. The molecule has 23 heavy (non-hydrogen) atoms. The fourth-order valence-electron chi connectivity index (χ4n) is 2.83. The van der Waals surface area contributed by atoms with Crippen LogP contribution in [0.25, 0.3) is 10.9 Å². The second kappa shape index (κ2) is 8.31. The standard InChI is InChI=1S/C18H24F2N2O/c1-12(2)9-13(7-8-23)10-21-11-15-5-3-14-4-6-16(19)17(20)18(14)22-15/h3-6,12-13,21,23H,7-11H2,1-2H3. The predicted molar refractivity (Wildman–Crippen MR) is 88.0 cm³/mol. The predicted octanol–water partition coefficient (Wildman–Crippen LogP) is 3.65. The molecule has 0 saturated heterocycles. The summed E-state index contributed by atoms with van der Waals surface area (Å²) in [5, 5.41) is 13.0. The van der Waals surface area contributed by atoms with Gasteiger partial charge in [0.1, 0.15) is 5.52 Å². The minimum absolute atomic E-state index is 0.0680. The monoisotopic (exact) mass is 322 g/mol. The van der Waals surface area contributed by atoms with E-state index in [0.29, 0.717) is 29.5 Å². The smallest absolute Gasteiger partial charge is 0.184 e. The summed E-state index contributed by atoms with van der Waals surface area (Å²) in [6.45, 7) is 5.76. The molecule has 5 heteroatoms. The molecule has 0 amide bonds. The lowest BCUT2D eigenvalue weighted by atomic mass is 9.94. The second-order valence-corrected chi connectivity index (χ2v) is 6.37. The highest BCUT2D eigenvalue weighted by Crippen LogP contribution is 2.19. The zero-order valence-corrected chi connectivity index (χ0v) is 13.6. The summed E-state index contributed by atoms with van der Waals surface area (Å²) in [7, 11) is 0. The zero-order chi connectivity index (χ0) is 16.8. The first-order valence-electron chi connectivity index (χ1n) is 8.06. The van der Waals surface area contributed by atoms with Crippen LogP contribution in [0.1, 0.15) is 32.4 Å². The molecule has 0 fully saturated rings.